The van der Waals surface area contributed by atoms with Gasteiger partial charge in [0.25, 0.3) is 0 Å². The van der Waals surface area contributed by atoms with E-state index >= 15 is 0 Å². The summed E-state index contributed by atoms with van der Waals surface area (Å²) in [7, 11) is 1.72. The molecule has 5 nitrogen and oxygen atoms in total. The van der Waals surface area contributed by atoms with E-state index < -0.39 is 0 Å². The summed E-state index contributed by atoms with van der Waals surface area (Å²) in [5, 5.41) is 3.43. The van der Waals surface area contributed by atoms with Gasteiger partial charge >= 0.3 is 0 Å². The van der Waals surface area contributed by atoms with Gasteiger partial charge < -0.3 is 14.4 Å². The van der Waals surface area contributed by atoms with Crippen LogP contribution in [0.15, 0.2) is 0 Å². The molecule has 5 heteroatoms. The fraction of sp³-hybridized carbons (Fsp3) is 0.923. The number of amides is 1. The topological polar surface area (TPSA) is 50.8 Å². The molecule has 0 bridgehead atoms. The molecule has 1 N–H and O–H groups in total. The van der Waals surface area contributed by atoms with Crippen LogP contribution in [-0.4, -0.2) is 55.5 Å². The number of rotatable bonds is 3. The molecule has 102 valence electrons. The van der Waals surface area contributed by atoms with Crippen molar-refractivity contribution in [3.8, 4) is 0 Å². The maximum absolute atomic E-state index is 12.5. The van der Waals surface area contributed by atoms with E-state index in [2.05, 4.69) is 5.32 Å². The average Bonchev–Trinajstić information content (AvgIpc) is 3.09. The van der Waals surface area contributed by atoms with Gasteiger partial charge in [0.15, 0.2) is 0 Å². The van der Waals surface area contributed by atoms with Gasteiger partial charge in [0, 0.05) is 20.1 Å². The van der Waals surface area contributed by atoms with Crippen LogP contribution in [0.5, 0.6) is 0 Å². The highest BCUT2D eigenvalue weighted by molar-refractivity contribution is 5.88. The Kier molecular flexibility index (Phi) is 3.08. The second-order valence-corrected chi connectivity index (χ2v) is 5.82. The number of methoxy groups -OCH3 is 1. The summed E-state index contributed by atoms with van der Waals surface area (Å²) in [5.74, 6) is 0.267. The van der Waals surface area contributed by atoms with Gasteiger partial charge in [-0.05, 0) is 12.8 Å². The van der Waals surface area contributed by atoms with Crippen molar-refractivity contribution in [2.24, 2.45) is 0 Å². The van der Waals surface area contributed by atoms with Gasteiger partial charge in [0.2, 0.25) is 5.91 Å². The van der Waals surface area contributed by atoms with Crippen molar-refractivity contribution >= 4 is 5.91 Å². The van der Waals surface area contributed by atoms with Crippen LogP contribution >= 0.6 is 0 Å². The molecule has 2 saturated heterocycles. The SMILES string of the molecule is COC1(CN2CNC3(CCCC3)C2=O)CCOC1. The molecule has 18 heavy (non-hydrogen) atoms. The fourth-order valence-electron chi connectivity index (χ4n) is 3.48. The van der Waals surface area contributed by atoms with Crippen LogP contribution < -0.4 is 5.32 Å². The molecule has 0 aromatic heterocycles. The number of nitrogens with zero attached hydrogens (tertiary/aromatic N) is 1. The smallest absolute Gasteiger partial charge is 0.244 e. The molecule has 0 aromatic carbocycles. The summed E-state index contributed by atoms with van der Waals surface area (Å²) in [6.07, 6.45) is 5.16. The lowest BCUT2D eigenvalue weighted by Gasteiger charge is -2.31. The van der Waals surface area contributed by atoms with Crippen molar-refractivity contribution in [3.05, 3.63) is 0 Å². The van der Waals surface area contributed by atoms with E-state index in [4.69, 9.17) is 9.47 Å². The van der Waals surface area contributed by atoms with Gasteiger partial charge in [0.1, 0.15) is 5.60 Å². The maximum atomic E-state index is 12.5. The van der Waals surface area contributed by atoms with Crippen molar-refractivity contribution in [2.45, 2.75) is 43.2 Å². The van der Waals surface area contributed by atoms with Gasteiger partial charge in [-0.3, -0.25) is 10.1 Å². The minimum absolute atomic E-state index is 0.256. The molecule has 2 aliphatic heterocycles. The zero-order chi connectivity index (χ0) is 12.6. The lowest BCUT2D eigenvalue weighted by molar-refractivity contribution is -0.136. The van der Waals surface area contributed by atoms with E-state index in [-0.39, 0.29) is 17.0 Å². The molecule has 3 aliphatic rings. The van der Waals surface area contributed by atoms with E-state index in [0.717, 1.165) is 38.7 Å². The molecule has 1 spiro atoms. The number of hydrogen-bond acceptors (Lipinski definition) is 4. The number of ether oxygens (including phenoxy) is 2. The highest BCUT2D eigenvalue weighted by Gasteiger charge is 2.50. The summed E-state index contributed by atoms with van der Waals surface area (Å²) in [4.78, 5) is 14.5. The van der Waals surface area contributed by atoms with Gasteiger partial charge in [-0.25, -0.2) is 0 Å². The van der Waals surface area contributed by atoms with Crippen LogP contribution in [0, 0.1) is 0 Å². The summed E-state index contributed by atoms with van der Waals surface area (Å²) in [6, 6.07) is 0. The standard InChI is InChI=1S/C13H22N2O3/c1-17-12(6-7-18-9-12)8-15-10-14-13(11(15)16)4-2-3-5-13/h14H,2-10H2,1H3. The Morgan fingerprint density at radius 3 is 2.78 bits per heavy atom. The molecule has 1 aliphatic carbocycles. The molecule has 1 amide bonds. The van der Waals surface area contributed by atoms with E-state index in [0.29, 0.717) is 19.8 Å². The number of nitrogens with one attached hydrogen (secondary N) is 1. The third-order valence-corrected chi connectivity index (χ3v) is 4.74. The molecule has 0 aromatic rings. The average molecular weight is 254 g/mol. The van der Waals surface area contributed by atoms with Gasteiger partial charge in [-0.2, -0.15) is 0 Å². The van der Waals surface area contributed by atoms with Crippen LogP contribution in [-0.2, 0) is 14.3 Å². The minimum atomic E-state index is -0.290. The van der Waals surface area contributed by atoms with Crippen LogP contribution in [0.2, 0.25) is 0 Å². The molecular weight excluding hydrogens is 232 g/mol. The predicted octanol–water partition coefficient (Wildman–Crippen LogP) is 0.494. The highest BCUT2D eigenvalue weighted by Crippen LogP contribution is 2.35. The summed E-state index contributed by atoms with van der Waals surface area (Å²) in [5.41, 5.74) is -0.546. The number of carbonyl (C=O) groups is 1. The Morgan fingerprint density at radius 1 is 1.39 bits per heavy atom. The van der Waals surface area contributed by atoms with Crippen molar-refractivity contribution in [1.29, 1.82) is 0 Å². The Hall–Kier alpha value is -0.650. The first kappa shape index (κ1) is 12.4. The first-order chi connectivity index (χ1) is 8.70. The largest absolute Gasteiger partial charge is 0.378 e. The molecule has 1 unspecified atom stereocenters. The normalized spacial score (nSPS) is 34.9. The Morgan fingerprint density at radius 2 is 2.17 bits per heavy atom. The lowest BCUT2D eigenvalue weighted by atomic mass is 9.97. The molecule has 3 fully saturated rings. The lowest BCUT2D eigenvalue weighted by Crippen LogP contribution is -2.48. The first-order valence-electron chi connectivity index (χ1n) is 6.87. The van der Waals surface area contributed by atoms with Gasteiger partial charge in [-0.1, -0.05) is 12.8 Å². The second-order valence-electron chi connectivity index (χ2n) is 5.82. The van der Waals surface area contributed by atoms with Crippen LogP contribution in [0.25, 0.3) is 0 Å². The van der Waals surface area contributed by atoms with Crippen molar-refractivity contribution in [3.63, 3.8) is 0 Å². The molecule has 1 atom stereocenters. The predicted molar refractivity (Wildman–Crippen MR) is 66.1 cm³/mol. The van der Waals surface area contributed by atoms with E-state index in [1.54, 1.807) is 7.11 Å². The Bertz CT molecular complexity index is 333. The quantitative estimate of drug-likeness (QED) is 0.796. The molecule has 3 rings (SSSR count). The summed E-state index contributed by atoms with van der Waals surface area (Å²) >= 11 is 0. The Balaban J connectivity index is 1.69. The number of carbonyl (C=O) groups excluding carboxylic acids is 1. The first-order valence-corrected chi connectivity index (χ1v) is 6.87. The summed E-state index contributed by atoms with van der Waals surface area (Å²) < 4.78 is 11.0. The van der Waals surface area contributed by atoms with Crippen molar-refractivity contribution < 1.29 is 14.3 Å². The fourth-order valence-corrected chi connectivity index (χ4v) is 3.48. The minimum Gasteiger partial charge on any atom is -0.378 e. The maximum Gasteiger partial charge on any atom is 0.244 e. The van der Waals surface area contributed by atoms with E-state index in [1.165, 1.54) is 0 Å². The van der Waals surface area contributed by atoms with Crippen LogP contribution in [0.4, 0.5) is 0 Å². The third-order valence-electron chi connectivity index (χ3n) is 4.74. The van der Waals surface area contributed by atoms with E-state index in [9.17, 15) is 4.79 Å². The molecule has 0 radical (unpaired) electrons. The van der Waals surface area contributed by atoms with Gasteiger partial charge in [-0.15, -0.1) is 0 Å². The summed E-state index contributed by atoms with van der Waals surface area (Å²) in [6.45, 7) is 2.63. The zero-order valence-corrected chi connectivity index (χ0v) is 11.0. The third kappa shape index (κ3) is 1.85. The van der Waals surface area contributed by atoms with Crippen molar-refractivity contribution in [1.82, 2.24) is 10.2 Å². The molecule has 1 saturated carbocycles. The van der Waals surface area contributed by atoms with E-state index in [1.807, 2.05) is 4.90 Å². The zero-order valence-electron chi connectivity index (χ0n) is 11.0. The molecular formula is C13H22N2O3. The molecule has 2 heterocycles. The number of hydrogen-bond donors (Lipinski definition) is 1. The monoisotopic (exact) mass is 254 g/mol. The van der Waals surface area contributed by atoms with Crippen molar-refractivity contribution in [2.75, 3.05) is 33.5 Å². The van der Waals surface area contributed by atoms with Crippen LogP contribution in [0.3, 0.4) is 0 Å². The second kappa shape index (κ2) is 4.47. The van der Waals surface area contributed by atoms with Crippen LogP contribution in [0.1, 0.15) is 32.1 Å². The highest BCUT2D eigenvalue weighted by atomic mass is 16.5. The Labute approximate surface area is 108 Å². The van der Waals surface area contributed by atoms with Gasteiger partial charge in [0.05, 0.1) is 25.4 Å².